The summed E-state index contributed by atoms with van der Waals surface area (Å²) in [6, 6.07) is 12.4. The van der Waals surface area contributed by atoms with Gasteiger partial charge in [-0.05, 0) is 29.0 Å². The highest BCUT2D eigenvalue weighted by molar-refractivity contribution is 5.93. The average molecular weight is 340 g/mol. The molecule has 0 saturated heterocycles. The molecule has 1 amide bonds. The molecule has 0 saturated carbocycles. The molecule has 0 fully saturated rings. The highest BCUT2D eigenvalue weighted by atomic mass is 16.6. The number of carbonyl (C=O) groups is 1. The summed E-state index contributed by atoms with van der Waals surface area (Å²) in [5.74, 6) is 0.419. The molecule has 0 radical (unpaired) electrons. The molecule has 0 aliphatic heterocycles. The summed E-state index contributed by atoms with van der Waals surface area (Å²) >= 11 is 0. The lowest BCUT2D eigenvalue weighted by atomic mass is 9.94. The standard InChI is InChI=1S/C20H24N2O3/c1-13(2)15-9-10-18(17(11-15)14(3)4)21-20(23)12-16-7-5-6-8-19(16)22(24)25/h5-11,13-14H,12H2,1-4H3,(H,21,23). The summed E-state index contributed by atoms with van der Waals surface area (Å²) in [6.07, 6.45) is -0.0272. The number of para-hydroxylation sites is 1. The maximum absolute atomic E-state index is 12.4. The van der Waals surface area contributed by atoms with Crippen molar-refractivity contribution in [2.45, 2.75) is 46.0 Å². The van der Waals surface area contributed by atoms with E-state index < -0.39 is 4.92 Å². The number of hydrogen-bond donors (Lipinski definition) is 1. The van der Waals surface area contributed by atoms with E-state index >= 15 is 0 Å². The van der Waals surface area contributed by atoms with Gasteiger partial charge in [-0.15, -0.1) is 0 Å². The van der Waals surface area contributed by atoms with E-state index in [0.717, 1.165) is 11.3 Å². The Balaban J connectivity index is 2.22. The molecule has 0 aromatic heterocycles. The lowest BCUT2D eigenvalue weighted by molar-refractivity contribution is -0.385. The number of rotatable bonds is 6. The first kappa shape index (κ1) is 18.6. The Morgan fingerprint density at radius 3 is 2.36 bits per heavy atom. The number of amides is 1. The first-order valence-corrected chi connectivity index (χ1v) is 8.45. The van der Waals surface area contributed by atoms with Gasteiger partial charge in [-0.3, -0.25) is 14.9 Å². The van der Waals surface area contributed by atoms with Crippen LogP contribution in [-0.4, -0.2) is 10.8 Å². The van der Waals surface area contributed by atoms with E-state index in [-0.39, 0.29) is 23.9 Å². The van der Waals surface area contributed by atoms with Crippen molar-refractivity contribution in [2.75, 3.05) is 5.32 Å². The highest BCUT2D eigenvalue weighted by Gasteiger charge is 2.17. The Kier molecular flexibility index (Phi) is 5.91. The molecule has 1 N–H and O–H groups in total. The van der Waals surface area contributed by atoms with Gasteiger partial charge in [0.2, 0.25) is 5.91 Å². The Labute approximate surface area is 148 Å². The molecule has 2 rings (SSSR count). The molecule has 5 nitrogen and oxygen atoms in total. The number of nitro benzene ring substituents is 1. The zero-order chi connectivity index (χ0) is 18.6. The number of nitrogens with zero attached hydrogens (tertiary/aromatic N) is 1. The Morgan fingerprint density at radius 2 is 1.76 bits per heavy atom. The molecular formula is C20H24N2O3. The van der Waals surface area contributed by atoms with Crippen LogP contribution < -0.4 is 5.32 Å². The monoisotopic (exact) mass is 340 g/mol. The minimum Gasteiger partial charge on any atom is -0.326 e. The van der Waals surface area contributed by atoms with Crippen LogP contribution in [0.5, 0.6) is 0 Å². The van der Waals surface area contributed by atoms with Crippen LogP contribution in [0.25, 0.3) is 0 Å². The van der Waals surface area contributed by atoms with Crippen molar-refractivity contribution in [1.82, 2.24) is 0 Å². The predicted molar refractivity (Wildman–Crippen MR) is 100 cm³/mol. The molecule has 0 spiro atoms. The molecule has 132 valence electrons. The van der Waals surface area contributed by atoms with Crippen LogP contribution in [0, 0.1) is 10.1 Å². The van der Waals surface area contributed by atoms with E-state index in [2.05, 4.69) is 39.1 Å². The molecule has 5 heteroatoms. The maximum Gasteiger partial charge on any atom is 0.273 e. The van der Waals surface area contributed by atoms with Crippen molar-refractivity contribution in [1.29, 1.82) is 0 Å². The molecule has 25 heavy (non-hydrogen) atoms. The van der Waals surface area contributed by atoms with Crippen molar-refractivity contribution in [3.63, 3.8) is 0 Å². The number of carbonyl (C=O) groups excluding carboxylic acids is 1. The zero-order valence-corrected chi connectivity index (χ0v) is 15.1. The molecule has 2 aromatic carbocycles. The second-order valence-electron chi connectivity index (χ2n) is 6.77. The van der Waals surface area contributed by atoms with Gasteiger partial charge in [-0.1, -0.05) is 58.0 Å². The number of benzene rings is 2. The second kappa shape index (κ2) is 7.92. The smallest absolute Gasteiger partial charge is 0.273 e. The van der Waals surface area contributed by atoms with Crippen LogP contribution in [0.2, 0.25) is 0 Å². The fourth-order valence-electron chi connectivity index (χ4n) is 2.74. The van der Waals surface area contributed by atoms with Crippen molar-refractivity contribution in [3.8, 4) is 0 Å². The van der Waals surface area contributed by atoms with Crippen molar-refractivity contribution in [3.05, 3.63) is 69.3 Å². The fourth-order valence-corrected chi connectivity index (χ4v) is 2.74. The van der Waals surface area contributed by atoms with Crippen LogP contribution in [0.3, 0.4) is 0 Å². The van der Waals surface area contributed by atoms with Crippen LogP contribution in [-0.2, 0) is 11.2 Å². The zero-order valence-electron chi connectivity index (χ0n) is 15.1. The number of hydrogen-bond acceptors (Lipinski definition) is 3. The molecule has 2 aromatic rings. The van der Waals surface area contributed by atoms with E-state index in [1.165, 1.54) is 11.6 Å². The molecule has 0 aliphatic rings. The SMILES string of the molecule is CC(C)c1ccc(NC(=O)Cc2ccccc2[N+](=O)[O-])c(C(C)C)c1. The van der Waals surface area contributed by atoms with Gasteiger partial charge in [0.25, 0.3) is 5.69 Å². The van der Waals surface area contributed by atoms with Crippen molar-refractivity contribution < 1.29 is 9.72 Å². The van der Waals surface area contributed by atoms with Gasteiger partial charge in [0.05, 0.1) is 11.3 Å². The van der Waals surface area contributed by atoms with Gasteiger partial charge >= 0.3 is 0 Å². The summed E-state index contributed by atoms with van der Waals surface area (Å²) in [4.78, 5) is 23.0. The Morgan fingerprint density at radius 1 is 1.08 bits per heavy atom. The van der Waals surface area contributed by atoms with E-state index in [1.54, 1.807) is 18.2 Å². The third kappa shape index (κ3) is 4.66. The normalized spacial score (nSPS) is 11.0. The third-order valence-electron chi connectivity index (χ3n) is 4.18. The van der Waals surface area contributed by atoms with Gasteiger partial charge in [0, 0.05) is 17.3 Å². The molecule has 0 aliphatic carbocycles. The van der Waals surface area contributed by atoms with Crippen molar-refractivity contribution >= 4 is 17.3 Å². The summed E-state index contributed by atoms with van der Waals surface area (Å²) in [5.41, 5.74) is 3.44. The molecule has 0 unspecified atom stereocenters. The first-order valence-electron chi connectivity index (χ1n) is 8.45. The summed E-state index contributed by atoms with van der Waals surface area (Å²) in [5, 5.41) is 14.0. The van der Waals surface area contributed by atoms with Gasteiger partial charge < -0.3 is 5.32 Å². The van der Waals surface area contributed by atoms with E-state index in [9.17, 15) is 14.9 Å². The van der Waals surface area contributed by atoms with Crippen LogP contribution >= 0.6 is 0 Å². The van der Waals surface area contributed by atoms with E-state index in [4.69, 9.17) is 0 Å². The lowest BCUT2D eigenvalue weighted by Gasteiger charge is -2.17. The molecule has 0 heterocycles. The van der Waals surface area contributed by atoms with Crippen molar-refractivity contribution in [2.24, 2.45) is 0 Å². The number of nitrogens with one attached hydrogen (secondary N) is 1. The summed E-state index contributed by atoms with van der Waals surface area (Å²) in [7, 11) is 0. The molecular weight excluding hydrogens is 316 g/mol. The van der Waals surface area contributed by atoms with Crippen LogP contribution in [0.1, 0.15) is 56.2 Å². The maximum atomic E-state index is 12.4. The fraction of sp³-hybridized carbons (Fsp3) is 0.350. The first-order chi connectivity index (χ1) is 11.8. The quantitative estimate of drug-likeness (QED) is 0.592. The van der Waals surface area contributed by atoms with Crippen LogP contribution in [0.15, 0.2) is 42.5 Å². The highest BCUT2D eigenvalue weighted by Crippen LogP contribution is 2.29. The number of nitro groups is 1. The van der Waals surface area contributed by atoms with Gasteiger partial charge in [-0.25, -0.2) is 0 Å². The molecule has 0 atom stereocenters. The second-order valence-corrected chi connectivity index (χ2v) is 6.77. The summed E-state index contributed by atoms with van der Waals surface area (Å²) < 4.78 is 0. The average Bonchev–Trinajstić information content (AvgIpc) is 2.54. The number of anilines is 1. The molecule has 0 bridgehead atoms. The predicted octanol–water partition coefficient (Wildman–Crippen LogP) is 5.02. The van der Waals surface area contributed by atoms with Crippen LogP contribution in [0.4, 0.5) is 11.4 Å². The Bertz CT molecular complexity index is 782. The summed E-state index contributed by atoms with van der Waals surface area (Å²) in [6.45, 7) is 8.42. The van der Waals surface area contributed by atoms with E-state index in [1.807, 2.05) is 12.1 Å². The van der Waals surface area contributed by atoms with Gasteiger partial charge in [0.15, 0.2) is 0 Å². The minimum atomic E-state index is -0.459. The topological polar surface area (TPSA) is 72.2 Å². The Hall–Kier alpha value is -2.69. The minimum absolute atomic E-state index is 0.0272. The lowest BCUT2D eigenvalue weighted by Crippen LogP contribution is -2.17. The van der Waals surface area contributed by atoms with E-state index in [0.29, 0.717) is 11.5 Å². The van der Waals surface area contributed by atoms with Gasteiger partial charge in [0.1, 0.15) is 0 Å². The van der Waals surface area contributed by atoms with Gasteiger partial charge in [-0.2, -0.15) is 0 Å². The largest absolute Gasteiger partial charge is 0.326 e. The third-order valence-corrected chi connectivity index (χ3v) is 4.18.